The van der Waals surface area contributed by atoms with Crippen molar-refractivity contribution in [1.82, 2.24) is 10.3 Å². The summed E-state index contributed by atoms with van der Waals surface area (Å²) < 4.78 is 5.20. The summed E-state index contributed by atoms with van der Waals surface area (Å²) in [5, 5.41) is 4.49. The normalized spacial score (nSPS) is 23.5. The molecule has 0 aromatic heterocycles. The highest BCUT2D eigenvalue weighted by atomic mass is 16.5. The highest BCUT2D eigenvalue weighted by molar-refractivity contribution is 6.11. The number of carbonyl (C=O) groups is 3. The summed E-state index contributed by atoms with van der Waals surface area (Å²) in [5.74, 6) is -1.41. The van der Waals surface area contributed by atoms with Crippen molar-refractivity contribution >= 4 is 23.9 Å². The number of amides is 3. The zero-order valence-corrected chi connectivity index (χ0v) is 23.1. The smallest absolute Gasteiger partial charge is 0.244 e. The lowest BCUT2D eigenvalue weighted by Crippen LogP contribution is -2.54. The van der Waals surface area contributed by atoms with Crippen molar-refractivity contribution in [2.45, 2.75) is 24.3 Å². The molecule has 7 heteroatoms. The third kappa shape index (κ3) is 3.88. The van der Waals surface area contributed by atoms with Gasteiger partial charge in [0.25, 0.3) is 0 Å². The van der Waals surface area contributed by atoms with Gasteiger partial charge >= 0.3 is 0 Å². The van der Waals surface area contributed by atoms with E-state index in [1.54, 1.807) is 13.3 Å². The van der Waals surface area contributed by atoms with Crippen LogP contribution >= 0.6 is 0 Å². The minimum absolute atomic E-state index is 0.137. The molecule has 7 nitrogen and oxygen atoms in total. The van der Waals surface area contributed by atoms with E-state index in [-0.39, 0.29) is 36.6 Å². The van der Waals surface area contributed by atoms with Crippen LogP contribution in [0.2, 0.25) is 0 Å². The number of nitrogens with one attached hydrogen (secondary N) is 1. The molecule has 0 unspecified atom stereocenters. The molecule has 4 aromatic carbocycles. The van der Waals surface area contributed by atoms with Crippen molar-refractivity contribution in [3.8, 4) is 5.75 Å². The minimum Gasteiger partial charge on any atom is -0.497 e. The molecule has 1 saturated heterocycles. The van der Waals surface area contributed by atoms with Crippen LogP contribution in [0.25, 0.3) is 0 Å². The number of ether oxygens (including phenoxy) is 1. The number of rotatable bonds is 7. The van der Waals surface area contributed by atoms with Crippen molar-refractivity contribution in [3.05, 3.63) is 137 Å². The number of hydrogen-bond donors (Lipinski definition) is 1. The number of carbonyl (C=O) groups excluding carboxylic acids is 3. The lowest BCUT2D eigenvalue weighted by molar-refractivity contribution is -0.140. The maximum absolute atomic E-state index is 14.3. The topological polar surface area (TPSA) is 88.1 Å². The first-order valence-electron chi connectivity index (χ1n) is 14.1. The Kier molecular flexibility index (Phi) is 6.23. The van der Waals surface area contributed by atoms with Crippen LogP contribution in [0, 0.1) is 11.8 Å². The molecular formula is C35H29N3O4. The number of hydrazone groups is 1. The van der Waals surface area contributed by atoms with Crippen LogP contribution in [0.1, 0.15) is 39.3 Å². The van der Waals surface area contributed by atoms with Gasteiger partial charge in [-0.25, -0.2) is 5.43 Å². The van der Waals surface area contributed by atoms with Gasteiger partial charge in [0.15, 0.2) is 0 Å². The third-order valence-electron chi connectivity index (χ3n) is 8.94. The standard InChI is InChI=1S/C35H29N3O4/c1-42-24-17-15-22(16-18-24)19-29(39)37-36-21-35-27-13-7-5-11-25(27)30(26-12-6-8-14-28(26)35)31-32(35)34(41)38(33(31)40)20-23-9-3-2-4-10-23/h2-18,21,30-32H,19-20H2,1H3,(H,37,39)/b36-21-/t30?,31-,32+,35?/m1/s1. The molecule has 1 fully saturated rings. The van der Waals surface area contributed by atoms with E-state index in [1.165, 1.54) is 4.90 Å². The number of imide groups is 1. The molecule has 2 bridgehead atoms. The zero-order valence-electron chi connectivity index (χ0n) is 23.1. The van der Waals surface area contributed by atoms with Gasteiger partial charge in [0, 0.05) is 12.1 Å². The van der Waals surface area contributed by atoms with E-state index >= 15 is 0 Å². The van der Waals surface area contributed by atoms with Crippen LogP contribution in [0.3, 0.4) is 0 Å². The fourth-order valence-electron chi connectivity index (χ4n) is 7.21. The van der Waals surface area contributed by atoms with Crippen LogP contribution in [0.4, 0.5) is 0 Å². The van der Waals surface area contributed by atoms with E-state index in [4.69, 9.17) is 4.74 Å². The molecule has 1 aliphatic heterocycles. The Labute approximate surface area is 243 Å². The summed E-state index contributed by atoms with van der Waals surface area (Å²) in [6.45, 7) is 0.219. The molecule has 2 atom stereocenters. The van der Waals surface area contributed by atoms with Gasteiger partial charge in [0.2, 0.25) is 17.7 Å². The van der Waals surface area contributed by atoms with Crippen LogP contribution in [0.15, 0.2) is 108 Å². The molecule has 3 aliphatic carbocycles. The van der Waals surface area contributed by atoms with Gasteiger partial charge in [-0.3, -0.25) is 19.3 Å². The summed E-state index contributed by atoms with van der Waals surface area (Å²) in [7, 11) is 1.60. The molecule has 1 heterocycles. The maximum Gasteiger partial charge on any atom is 0.244 e. The van der Waals surface area contributed by atoms with E-state index in [1.807, 2.05) is 91.0 Å². The van der Waals surface area contributed by atoms with E-state index in [0.717, 1.165) is 33.4 Å². The lowest BCUT2D eigenvalue weighted by atomic mass is 9.47. The Morgan fingerprint density at radius 1 is 0.833 bits per heavy atom. The largest absolute Gasteiger partial charge is 0.497 e. The van der Waals surface area contributed by atoms with Crippen LogP contribution < -0.4 is 10.2 Å². The van der Waals surface area contributed by atoms with Gasteiger partial charge < -0.3 is 4.74 Å². The van der Waals surface area contributed by atoms with Crippen molar-refractivity contribution in [3.63, 3.8) is 0 Å². The monoisotopic (exact) mass is 555 g/mol. The predicted molar refractivity (Wildman–Crippen MR) is 158 cm³/mol. The van der Waals surface area contributed by atoms with Crippen molar-refractivity contribution in [1.29, 1.82) is 0 Å². The molecule has 4 aromatic rings. The molecule has 4 aliphatic rings. The quantitative estimate of drug-likeness (QED) is 0.205. The van der Waals surface area contributed by atoms with E-state index in [0.29, 0.717) is 5.75 Å². The average Bonchev–Trinajstić information content (AvgIpc) is 3.28. The van der Waals surface area contributed by atoms with Crippen molar-refractivity contribution < 1.29 is 19.1 Å². The minimum atomic E-state index is -1.02. The molecule has 8 rings (SSSR count). The molecule has 42 heavy (non-hydrogen) atoms. The van der Waals surface area contributed by atoms with Gasteiger partial charge in [-0.1, -0.05) is 91.0 Å². The Morgan fingerprint density at radius 3 is 2.10 bits per heavy atom. The highest BCUT2D eigenvalue weighted by Gasteiger charge is 2.67. The van der Waals surface area contributed by atoms with Gasteiger partial charge in [-0.2, -0.15) is 5.10 Å². The van der Waals surface area contributed by atoms with Gasteiger partial charge in [0.1, 0.15) is 5.75 Å². The number of hydrogen-bond acceptors (Lipinski definition) is 5. The first-order valence-corrected chi connectivity index (χ1v) is 14.1. The second kappa shape index (κ2) is 10.1. The van der Waals surface area contributed by atoms with E-state index < -0.39 is 17.3 Å². The van der Waals surface area contributed by atoms with E-state index in [2.05, 4.69) is 22.7 Å². The fraction of sp³-hybridized carbons (Fsp3) is 0.200. The lowest BCUT2D eigenvalue weighted by Gasteiger charge is -2.52. The molecular weight excluding hydrogens is 526 g/mol. The number of likely N-dealkylation sites (tertiary alicyclic amines) is 1. The van der Waals surface area contributed by atoms with Crippen LogP contribution in [-0.2, 0) is 32.8 Å². The second-order valence-electron chi connectivity index (χ2n) is 11.1. The maximum atomic E-state index is 14.3. The zero-order chi connectivity index (χ0) is 28.8. The molecule has 3 amide bonds. The summed E-state index contributed by atoms with van der Waals surface area (Å²) >= 11 is 0. The van der Waals surface area contributed by atoms with Crippen molar-refractivity contribution in [2.75, 3.05) is 7.11 Å². The molecule has 0 saturated carbocycles. The summed E-state index contributed by atoms with van der Waals surface area (Å²) in [6.07, 6.45) is 1.83. The number of nitrogens with zero attached hydrogens (tertiary/aromatic N) is 2. The van der Waals surface area contributed by atoms with E-state index in [9.17, 15) is 14.4 Å². The third-order valence-corrected chi connectivity index (χ3v) is 8.94. The fourth-order valence-corrected chi connectivity index (χ4v) is 7.21. The van der Waals surface area contributed by atoms with Gasteiger partial charge in [-0.15, -0.1) is 0 Å². The number of benzene rings is 4. The first kappa shape index (κ1) is 25.9. The Bertz CT molecular complexity index is 1680. The molecule has 1 N–H and O–H groups in total. The Morgan fingerprint density at radius 2 is 1.45 bits per heavy atom. The summed E-state index contributed by atoms with van der Waals surface area (Å²) in [4.78, 5) is 42.8. The summed E-state index contributed by atoms with van der Waals surface area (Å²) in [6, 6.07) is 32.9. The SMILES string of the molecule is COc1ccc(CC(=O)N/N=C\C23c4ccccc4C(c4ccccc42)[C@H]2C(=O)N(Cc4ccccc4)C(=O)[C@H]23)cc1. The molecule has 0 radical (unpaired) electrons. The van der Waals surface area contributed by atoms with Crippen LogP contribution in [-0.4, -0.2) is 35.9 Å². The second-order valence-corrected chi connectivity index (χ2v) is 11.1. The molecule has 0 spiro atoms. The Balaban J connectivity index is 1.29. The van der Waals surface area contributed by atoms with Crippen LogP contribution in [0.5, 0.6) is 5.75 Å². The molecule has 208 valence electrons. The van der Waals surface area contributed by atoms with Gasteiger partial charge in [-0.05, 0) is 45.5 Å². The highest BCUT2D eigenvalue weighted by Crippen LogP contribution is 2.63. The predicted octanol–water partition coefficient (Wildman–Crippen LogP) is 4.59. The first-order chi connectivity index (χ1) is 20.5. The Hall–Kier alpha value is -5.04. The van der Waals surface area contributed by atoms with Gasteiger partial charge in [0.05, 0.1) is 37.3 Å². The number of methoxy groups -OCH3 is 1. The average molecular weight is 556 g/mol. The van der Waals surface area contributed by atoms with Crippen molar-refractivity contribution in [2.24, 2.45) is 16.9 Å². The summed E-state index contributed by atoms with van der Waals surface area (Å²) in [5.41, 5.74) is 7.34.